The highest BCUT2D eigenvalue weighted by Crippen LogP contribution is 2.34. The summed E-state index contributed by atoms with van der Waals surface area (Å²) in [5, 5.41) is 14.4. The molecule has 11 heteroatoms. The zero-order valence-electron chi connectivity index (χ0n) is 13.3. The highest BCUT2D eigenvalue weighted by Gasteiger charge is 2.36. The Hall–Kier alpha value is -3.50. The van der Waals surface area contributed by atoms with E-state index in [-0.39, 0.29) is 5.95 Å². The van der Waals surface area contributed by atoms with Crippen molar-refractivity contribution in [1.29, 1.82) is 0 Å². The molecule has 0 saturated heterocycles. The van der Waals surface area contributed by atoms with Gasteiger partial charge in [-0.05, 0) is 12.1 Å². The Balaban J connectivity index is 2.11. The van der Waals surface area contributed by atoms with E-state index in [0.29, 0.717) is 16.6 Å². The van der Waals surface area contributed by atoms with E-state index in [4.69, 9.17) is 0 Å². The number of alkyl halides is 3. The lowest BCUT2D eigenvalue weighted by Gasteiger charge is -2.19. The zero-order valence-corrected chi connectivity index (χ0v) is 13.3. The van der Waals surface area contributed by atoms with Crippen molar-refractivity contribution in [2.75, 3.05) is 11.9 Å². The van der Waals surface area contributed by atoms with E-state index >= 15 is 0 Å². The van der Waals surface area contributed by atoms with Crippen molar-refractivity contribution in [3.8, 4) is 5.82 Å². The Kier molecular flexibility index (Phi) is 4.28. The van der Waals surface area contributed by atoms with Crippen LogP contribution in [0, 0.1) is 10.1 Å². The van der Waals surface area contributed by atoms with Gasteiger partial charge in [0.2, 0.25) is 5.95 Å². The molecule has 3 rings (SSSR count). The zero-order chi connectivity index (χ0) is 18.9. The van der Waals surface area contributed by atoms with Crippen LogP contribution in [0.2, 0.25) is 0 Å². The average Bonchev–Trinajstić information content (AvgIpc) is 3.11. The fourth-order valence-corrected chi connectivity index (χ4v) is 2.19. The maximum absolute atomic E-state index is 13.3. The molecule has 0 aliphatic rings. The second-order valence-corrected chi connectivity index (χ2v) is 5.20. The van der Waals surface area contributed by atoms with E-state index in [0.717, 1.165) is 12.4 Å². The van der Waals surface area contributed by atoms with Crippen molar-refractivity contribution in [3.05, 3.63) is 64.6 Å². The van der Waals surface area contributed by atoms with Crippen LogP contribution in [-0.2, 0) is 6.18 Å². The van der Waals surface area contributed by atoms with E-state index < -0.39 is 28.2 Å². The van der Waals surface area contributed by atoms with Crippen LogP contribution in [0.5, 0.6) is 0 Å². The Morgan fingerprint density at radius 2 is 1.88 bits per heavy atom. The fourth-order valence-electron chi connectivity index (χ4n) is 2.19. The number of benzene rings is 1. The lowest BCUT2D eigenvalue weighted by molar-refractivity contribution is -0.384. The van der Waals surface area contributed by atoms with Gasteiger partial charge < -0.3 is 4.90 Å². The van der Waals surface area contributed by atoms with Crippen LogP contribution in [0.1, 0.15) is 5.56 Å². The molecule has 2 heterocycles. The number of rotatable bonds is 4. The van der Waals surface area contributed by atoms with Crippen LogP contribution in [-0.4, -0.2) is 31.7 Å². The summed E-state index contributed by atoms with van der Waals surface area (Å²) in [6, 6.07) is 8.78. The third-order valence-electron chi connectivity index (χ3n) is 3.50. The minimum atomic E-state index is -4.75. The first-order valence-corrected chi connectivity index (χ1v) is 7.20. The third kappa shape index (κ3) is 3.31. The number of nitrogens with zero attached hydrogens (tertiary/aromatic N) is 6. The number of halogens is 3. The third-order valence-corrected chi connectivity index (χ3v) is 3.50. The fraction of sp³-hybridized carbons (Fsp3) is 0.133. The molecule has 2 aromatic heterocycles. The monoisotopic (exact) mass is 364 g/mol. The SMILES string of the molecule is CN(c1ccccc1)c1ncc(C(F)(F)F)c(-n2cc([N+](=O)[O-])cn2)n1. The first-order valence-electron chi connectivity index (χ1n) is 7.20. The van der Waals surface area contributed by atoms with E-state index in [1.165, 1.54) is 4.90 Å². The topological polar surface area (TPSA) is 90.0 Å². The number of para-hydroxylation sites is 1. The number of nitro groups is 1. The first-order chi connectivity index (χ1) is 12.3. The van der Waals surface area contributed by atoms with Gasteiger partial charge in [-0.2, -0.15) is 23.3 Å². The number of aromatic nitrogens is 4. The molecule has 26 heavy (non-hydrogen) atoms. The van der Waals surface area contributed by atoms with Crippen LogP contribution in [0.3, 0.4) is 0 Å². The highest BCUT2D eigenvalue weighted by molar-refractivity contribution is 5.57. The first kappa shape index (κ1) is 17.3. The maximum atomic E-state index is 13.3. The molecular formula is C15H11F3N6O2. The summed E-state index contributed by atoms with van der Waals surface area (Å²) in [5.41, 5.74) is -0.944. The van der Waals surface area contributed by atoms with Gasteiger partial charge in [-0.3, -0.25) is 10.1 Å². The molecule has 3 aromatic rings. The Bertz CT molecular complexity index is 942. The van der Waals surface area contributed by atoms with Gasteiger partial charge in [0.05, 0.1) is 4.92 Å². The Morgan fingerprint density at radius 1 is 1.19 bits per heavy atom. The second-order valence-electron chi connectivity index (χ2n) is 5.20. The van der Waals surface area contributed by atoms with Gasteiger partial charge >= 0.3 is 11.9 Å². The molecule has 0 fully saturated rings. The van der Waals surface area contributed by atoms with Crippen LogP contribution in [0.4, 0.5) is 30.5 Å². The van der Waals surface area contributed by atoms with Gasteiger partial charge in [0.1, 0.15) is 18.0 Å². The molecular weight excluding hydrogens is 353 g/mol. The van der Waals surface area contributed by atoms with Gasteiger partial charge in [0.15, 0.2) is 5.82 Å². The lowest BCUT2D eigenvalue weighted by atomic mass is 10.3. The molecule has 1 aromatic carbocycles. The van der Waals surface area contributed by atoms with Crippen molar-refractivity contribution in [3.63, 3.8) is 0 Å². The van der Waals surface area contributed by atoms with Gasteiger partial charge in [-0.15, -0.1) is 0 Å². The molecule has 0 bridgehead atoms. The average molecular weight is 364 g/mol. The molecule has 134 valence electrons. The minimum absolute atomic E-state index is 0.0163. The molecule has 0 spiro atoms. The summed E-state index contributed by atoms with van der Waals surface area (Å²) < 4.78 is 40.6. The van der Waals surface area contributed by atoms with Crippen molar-refractivity contribution in [2.24, 2.45) is 0 Å². The molecule has 0 aliphatic carbocycles. The van der Waals surface area contributed by atoms with E-state index in [1.54, 1.807) is 37.4 Å². The number of hydrogen-bond donors (Lipinski definition) is 0. The lowest BCUT2D eigenvalue weighted by Crippen LogP contribution is -2.19. The minimum Gasteiger partial charge on any atom is -0.314 e. The molecule has 0 atom stereocenters. The van der Waals surface area contributed by atoms with Gasteiger partial charge in [0, 0.05) is 18.9 Å². The summed E-state index contributed by atoms with van der Waals surface area (Å²) in [6.45, 7) is 0. The molecule has 0 unspecified atom stereocenters. The summed E-state index contributed by atoms with van der Waals surface area (Å²) >= 11 is 0. The molecule has 0 saturated carbocycles. The Morgan fingerprint density at radius 3 is 2.46 bits per heavy atom. The van der Waals surface area contributed by atoms with Gasteiger partial charge in [-0.25, -0.2) is 9.67 Å². The van der Waals surface area contributed by atoms with Crippen molar-refractivity contribution in [1.82, 2.24) is 19.7 Å². The maximum Gasteiger partial charge on any atom is 0.421 e. The van der Waals surface area contributed by atoms with Gasteiger partial charge in [0.25, 0.3) is 0 Å². The van der Waals surface area contributed by atoms with Crippen LogP contribution in [0.15, 0.2) is 48.9 Å². The van der Waals surface area contributed by atoms with E-state index in [2.05, 4.69) is 15.1 Å². The van der Waals surface area contributed by atoms with Crippen molar-refractivity contribution >= 4 is 17.3 Å². The van der Waals surface area contributed by atoms with Gasteiger partial charge in [-0.1, -0.05) is 18.2 Å². The summed E-state index contributed by atoms with van der Waals surface area (Å²) in [6.07, 6.45) is -2.41. The quantitative estimate of drug-likeness (QED) is 0.521. The normalized spacial score (nSPS) is 11.4. The summed E-state index contributed by atoms with van der Waals surface area (Å²) in [7, 11) is 1.59. The van der Waals surface area contributed by atoms with Crippen molar-refractivity contribution in [2.45, 2.75) is 6.18 Å². The van der Waals surface area contributed by atoms with E-state index in [1.807, 2.05) is 0 Å². The number of anilines is 2. The smallest absolute Gasteiger partial charge is 0.314 e. The Labute approximate surface area is 144 Å². The van der Waals surface area contributed by atoms with Crippen LogP contribution >= 0.6 is 0 Å². The standard InChI is InChI=1S/C15H11F3N6O2/c1-22(10-5-3-2-4-6-10)14-19-8-12(15(16,17)18)13(21-14)23-9-11(7-20-23)24(25)26/h2-9H,1H3. The second kappa shape index (κ2) is 6.43. The summed E-state index contributed by atoms with van der Waals surface area (Å²) in [4.78, 5) is 19.2. The largest absolute Gasteiger partial charge is 0.421 e. The van der Waals surface area contributed by atoms with Crippen LogP contribution in [0.25, 0.3) is 5.82 Å². The predicted molar refractivity (Wildman–Crippen MR) is 85.3 cm³/mol. The molecule has 0 amide bonds. The predicted octanol–water partition coefficient (Wildman–Crippen LogP) is 3.36. The molecule has 8 nitrogen and oxygen atoms in total. The van der Waals surface area contributed by atoms with Crippen LogP contribution < -0.4 is 4.90 Å². The molecule has 0 radical (unpaired) electrons. The van der Waals surface area contributed by atoms with Crippen molar-refractivity contribution < 1.29 is 18.1 Å². The molecule has 0 aliphatic heterocycles. The number of hydrogen-bond acceptors (Lipinski definition) is 6. The van der Waals surface area contributed by atoms with E-state index in [9.17, 15) is 23.3 Å². The summed E-state index contributed by atoms with van der Waals surface area (Å²) in [5.74, 6) is -0.615. The highest BCUT2D eigenvalue weighted by atomic mass is 19.4. The molecule has 0 N–H and O–H groups in total.